The number of fused-ring (bicyclic) bond motifs is 1. The minimum absolute atomic E-state index is 0.186. The summed E-state index contributed by atoms with van der Waals surface area (Å²) in [5, 5.41) is 3.12. The number of thiophene rings is 1. The van der Waals surface area contributed by atoms with Gasteiger partial charge in [0.15, 0.2) is 5.13 Å². The second-order valence-electron chi connectivity index (χ2n) is 8.88. The fraction of sp³-hybridized carbons (Fsp3) is 0.478. The number of nitrogens with zero attached hydrogens (tertiary/aromatic N) is 3. The lowest BCUT2D eigenvalue weighted by atomic mass is 10.2. The van der Waals surface area contributed by atoms with Crippen molar-refractivity contribution in [1.29, 1.82) is 0 Å². The normalized spacial score (nSPS) is 11.3. The Morgan fingerprint density at radius 1 is 1.00 bits per heavy atom. The first kappa shape index (κ1) is 26.5. The van der Waals surface area contributed by atoms with E-state index in [1.54, 1.807) is 13.8 Å². The number of carbonyl (C=O) groups excluding carboxylic acids is 3. The fourth-order valence-electron chi connectivity index (χ4n) is 3.04. The first-order chi connectivity index (χ1) is 16.5. The van der Waals surface area contributed by atoms with E-state index in [9.17, 15) is 19.2 Å². The molecule has 0 aliphatic heterocycles. The number of thiazole rings is 1. The Morgan fingerprint density at radius 3 is 2.20 bits per heavy atom. The predicted molar refractivity (Wildman–Crippen MR) is 134 cm³/mol. The van der Waals surface area contributed by atoms with Gasteiger partial charge in [-0.2, -0.15) is 0 Å². The van der Waals surface area contributed by atoms with Crippen molar-refractivity contribution in [1.82, 2.24) is 14.5 Å². The lowest BCUT2D eigenvalue weighted by Gasteiger charge is -2.06. The van der Waals surface area contributed by atoms with Gasteiger partial charge in [-0.05, 0) is 31.2 Å². The molecule has 1 N–H and O–H groups in total. The average Bonchev–Trinajstić information content (AvgIpc) is 3.31. The van der Waals surface area contributed by atoms with E-state index in [1.165, 1.54) is 10.9 Å². The Balaban J connectivity index is 1.75. The summed E-state index contributed by atoms with van der Waals surface area (Å²) in [5.74, 6) is -1.11. The van der Waals surface area contributed by atoms with E-state index in [1.807, 2.05) is 27.7 Å². The Morgan fingerprint density at radius 2 is 1.60 bits per heavy atom. The van der Waals surface area contributed by atoms with Crippen LogP contribution in [0, 0.1) is 25.7 Å². The molecule has 10 nitrogen and oxygen atoms in total. The van der Waals surface area contributed by atoms with E-state index in [4.69, 9.17) is 9.47 Å². The number of amides is 1. The number of rotatable bonds is 9. The quantitative estimate of drug-likeness (QED) is 0.422. The molecule has 12 heteroatoms. The summed E-state index contributed by atoms with van der Waals surface area (Å²) >= 11 is 2.10. The van der Waals surface area contributed by atoms with Crippen molar-refractivity contribution in [2.75, 3.05) is 18.5 Å². The van der Waals surface area contributed by atoms with E-state index < -0.39 is 23.4 Å². The highest BCUT2D eigenvalue weighted by atomic mass is 32.1. The number of hydrogen-bond donors (Lipinski definition) is 1. The molecule has 1 amide bonds. The van der Waals surface area contributed by atoms with E-state index in [0.29, 0.717) is 25.8 Å². The second kappa shape index (κ2) is 11.1. The molecule has 0 fully saturated rings. The van der Waals surface area contributed by atoms with Crippen molar-refractivity contribution in [3.05, 3.63) is 37.7 Å². The van der Waals surface area contributed by atoms with E-state index in [0.717, 1.165) is 22.7 Å². The molecule has 0 radical (unpaired) electrons. The van der Waals surface area contributed by atoms with Crippen molar-refractivity contribution in [3.63, 3.8) is 0 Å². The topological polar surface area (TPSA) is 129 Å². The van der Waals surface area contributed by atoms with Crippen LogP contribution < -0.4 is 10.9 Å². The third kappa shape index (κ3) is 6.31. The third-order valence-corrected chi connectivity index (χ3v) is 6.97. The zero-order valence-corrected chi connectivity index (χ0v) is 22.1. The lowest BCUT2D eigenvalue weighted by molar-refractivity contribution is -0.116. The number of anilines is 1. The molecular weight excluding hydrogens is 492 g/mol. The van der Waals surface area contributed by atoms with Crippen LogP contribution in [0.1, 0.15) is 58.3 Å². The van der Waals surface area contributed by atoms with Crippen LogP contribution >= 0.6 is 22.7 Å². The van der Waals surface area contributed by atoms with E-state index in [-0.39, 0.29) is 42.1 Å². The number of hydrogen-bond acceptors (Lipinski definition) is 10. The van der Waals surface area contributed by atoms with Crippen molar-refractivity contribution in [2.24, 2.45) is 11.8 Å². The summed E-state index contributed by atoms with van der Waals surface area (Å²) in [4.78, 5) is 59.8. The first-order valence-electron chi connectivity index (χ1n) is 11.1. The van der Waals surface area contributed by atoms with Gasteiger partial charge in [-0.25, -0.2) is 19.6 Å². The van der Waals surface area contributed by atoms with Crippen LogP contribution in [0.5, 0.6) is 0 Å². The maximum Gasteiger partial charge on any atom is 0.350 e. The molecule has 0 saturated heterocycles. The van der Waals surface area contributed by atoms with Gasteiger partial charge in [0.2, 0.25) is 5.91 Å². The Kier molecular flexibility index (Phi) is 8.39. The molecule has 0 unspecified atom stereocenters. The summed E-state index contributed by atoms with van der Waals surface area (Å²) in [6, 6.07) is 0. The number of nitrogens with one attached hydrogen (secondary N) is 1. The number of aromatic nitrogens is 3. The number of esters is 2. The number of aryl methyl sites for hydroxylation is 2. The van der Waals surface area contributed by atoms with E-state index in [2.05, 4.69) is 15.3 Å². The van der Waals surface area contributed by atoms with Gasteiger partial charge < -0.3 is 14.8 Å². The van der Waals surface area contributed by atoms with Gasteiger partial charge >= 0.3 is 11.9 Å². The molecule has 35 heavy (non-hydrogen) atoms. The maximum absolute atomic E-state index is 13.0. The average molecular weight is 521 g/mol. The lowest BCUT2D eigenvalue weighted by Crippen LogP contribution is -2.27. The van der Waals surface area contributed by atoms with E-state index >= 15 is 0 Å². The summed E-state index contributed by atoms with van der Waals surface area (Å²) in [6.07, 6.45) is 1.27. The van der Waals surface area contributed by atoms with Gasteiger partial charge in [0.25, 0.3) is 5.56 Å². The highest BCUT2D eigenvalue weighted by molar-refractivity contribution is 7.20. The van der Waals surface area contributed by atoms with Crippen LogP contribution in [-0.4, -0.2) is 45.6 Å². The van der Waals surface area contributed by atoms with Crippen LogP contribution in [0.4, 0.5) is 5.13 Å². The number of carbonyl (C=O) groups is 3. The molecule has 0 bridgehead atoms. The highest BCUT2D eigenvalue weighted by Gasteiger charge is 2.22. The van der Waals surface area contributed by atoms with Crippen LogP contribution in [0.2, 0.25) is 0 Å². The fourth-order valence-corrected chi connectivity index (χ4v) is 4.94. The Hall–Kier alpha value is -3.12. The number of ether oxygens (including phenoxy) is 2. The smallest absolute Gasteiger partial charge is 0.350 e. The maximum atomic E-state index is 13.0. The highest BCUT2D eigenvalue weighted by Crippen LogP contribution is 2.28. The molecule has 0 atom stereocenters. The standard InChI is InChI=1S/C23H28N4O6S2/c1-11(2)8-32-21(30)17-13(5)16-19(34-17)24-10-27(20(16)29)7-15(28)26-23-25-14(6)18(35-23)22(31)33-9-12(3)4/h10-12H,7-9H2,1-6H3,(H,25,26,28). The zero-order chi connectivity index (χ0) is 25.9. The molecular formula is C23H28N4O6S2. The summed E-state index contributed by atoms with van der Waals surface area (Å²) in [5.41, 5.74) is 0.492. The van der Waals surface area contributed by atoms with Gasteiger partial charge in [0.1, 0.15) is 21.1 Å². The molecule has 3 rings (SSSR count). The molecule has 3 heterocycles. The van der Waals surface area contributed by atoms with Crippen molar-refractivity contribution in [3.8, 4) is 0 Å². The van der Waals surface area contributed by atoms with Gasteiger partial charge in [-0.15, -0.1) is 11.3 Å². The van der Waals surface area contributed by atoms with Crippen molar-refractivity contribution < 1.29 is 23.9 Å². The summed E-state index contributed by atoms with van der Waals surface area (Å²) in [7, 11) is 0. The minimum atomic E-state index is -0.506. The monoisotopic (exact) mass is 520 g/mol. The zero-order valence-electron chi connectivity index (χ0n) is 20.5. The van der Waals surface area contributed by atoms with Crippen LogP contribution in [-0.2, 0) is 20.8 Å². The molecule has 0 aromatic carbocycles. The molecule has 0 spiro atoms. The Labute approximate surface area is 210 Å². The summed E-state index contributed by atoms with van der Waals surface area (Å²) < 4.78 is 11.7. The van der Waals surface area contributed by atoms with Gasteiger partial charge in [0.05, 0.1) is 30.6 Å². The Bertz CT molecular complexity index is 1320. The van der Waals surface area contributed by atoms with Gasteiger partial charge in [-0.3, -0.25) is 14.2 Å². The van der Waals surface area contributed by atoms with Crippen molar-refractivity contribution in [2.45, 2.75) is 48.1 Å². The second-order valence-corrected chi connectivity index (χ2v) is 10.9. The van der Waals surface area contributed by atoms with Crippen molar-refractivity contribution >= 4 is 55.9 Å². The van der Waals surface area contributed by atoms with Crippen LogP contribution in [0.15, 0.2) is 11.1 Å². The SMILES string of the molecule is Cc1nc(NC(=O)Cn2cnc3sc(C(=O)OCC(C)C)c(C)c3c2=O)sc1C(=O)OCC(C)C. The molecule has 0 aliphatic rings. The largest absolute Gasteiger partial charge is 0.461 e. The molecule has 3 aromatic heterocycles. The molecule has 3 aromatic rings. The van der Waals surface area contributed by atoms with Crippen LogP contribution in [0.25, 0.3) is 10.2 Å². The van der Waals surface area contributed by atoms with Gasteiger partial charge in [0, 0.05) is 0 Å². The van der Waals surface area contributed by atoms with Gasteiger partial charge in [-0.1, -0.05) is 39.0 Å². The molecule has 188 valence electrons. The predicted octanol–water partition coefficient (Wildman–Crippen LogP) is 3.80. The first-order valence-corrected chi connectivity index (χ1v) is 12.7. The van der Waals surface area contributed by atoms with Crippen LogP contribution in [0.3, 0.4) is 0 Å². The molecule has 0 saturated carbocycles. The summed E-state index contributed by atoms with van der Waals surface area (Å²) in [6.45, 7) is 11.3. The molecule has 0 aliphatic carbocycles. The minimum Gasteiger partial charge on any atom is -0.461 e. The third-order valence-electron chi connectivity index (χ3n) is 4.74.